The Hall–Kier alpha value is -7.81. The van der Waals surface area contributed by atoms with E-state index in [0.29, 0.717) is 17.5 Å². The van der Waals surface area contributed by atoms with Crippen LogP contribution >= 0.6 is 0 Å². The van der Waals surface area contributed by atoms with Crippen LogP contribution in [-0.4, -0.2) is 33.1 Å². The van der Waals surface area contributed by atoms with E-state index in [-0.39, 0.29) is 0 Å². The lowest BCUT2D eigenvalue weighted by atomic mass is 10.0. The van der Waals surface area contributed by atoms with Gasteiger partial charge in [0.05, 0.1) is 16.7 Å². The highest BCUT2D eigenvalue weighted by Crippen LogP contribution is 2.41. The highest BCUT2D eigenvalue weighted by atomic mass is 15.1. The van der Waals surface area contributed by atoms with E-state index in [9.17, 15) is 0 Å². The highest BCUT2D eigenvalue weighted by Gasteiger charge is 2.21. The van der Waals surface area contributed by atoms with Gasteiger partial charge in [0.1, 0.15) is 0 Å². The molecule has 290 valence electrons. The Bertz CT molecular complexity index is 2760. The fourth-order valence-corrected chi connectivity index (χ4v) is 7.77. The molecule has 0 amide bonds. The maximum Gasteiger partial charge on any atom is 0.164 e. The summed E-state index contributed by atoms with van der Waals surface area (Å²) in [6, 6.07) is 54.1. The molecule has 1 aliphatic carbocycles. The van der Waals surface area contributed by atoms with Gasteiger partial charge in [-0.2, -0.15) is 0 Å². The molecule has 0 bridgehead atoms. The molecule has 0 N–H and O–H groups in total. The van der Waals surface area contributed by atoms with E-state index in [1.165, 1.54) is 49.9 Å². The molecule has 60 heavy (non-hydrogen) atoms. The Morgan fingerprint density at radius 2 is 0.983 bits per heavy atom. The summed E-state index contributed by atoms with van der Waals surface area (Å²) < 4.78 is 2.48. The first-order valence-electron chi connectivity index (χ1n) is 20.2. The SMILES string of the molecule is C#C.CN1C/C=C\C=C/Cc2ccc3c4ccccc4n(C4=CC=CCC(c5ccccc5)=C4)c3c21.c1ccc(-c2nc(-c3ccccc3)nc(-c3ccccc3)n2)cc1. The van der Waals surface area contributed by atoms with E-state index >= 15 is 0 Å². The number of hydrogen-bond donors (Lipinski definition) is 0. The Labute approximate surface area is 352 Å². The van der Waals surface area contributed by atoms with Gasteiger partial charge in [0.2, 0.25) is 0 Å². The third kappa shape index (κ3) is 8.41. The minimum absolute atomic E-state index is 0.684. The van der Waals surface area contributed by atoms with Crippen LogP contribution in [0, 0.1) is 12.8 Å². The van der Waals surface area contributed by atoms with Crippen molar-refractivity contribution in [2.75, 3.05) is 18.5 Å². The Morgan fingerprint density at radius 1 is 0.483 bits per heavy atom. The normalized spacial score (nSPS) is 14.3. The smallest absolute Gasteiger partial charge is 0.164 e. The Balaban J connectivity index is 0.000000169. The van der Waals surface area contributed by atoms with Gasteiger partial charge in [-0.05, 0) is 47.8 Å². The number of nitrogens with zero attached hydrogens (tertiary/aromatic N) is 5. The first kappa shape index (κ1) is 39.0. The lowest BCUT2D eigenvalue weighted by molar-refractivity contribution is 1.01. The van der Waals surface area contributed by atoms with Gasteiger partial charge in [0.15, 0.2) is 17.5 Å². The zero-order chi connectivity index (χ0) is 41.1. The van der Waals surface area contributed by atoms with Gasteiger partial charge in [0.25, 0.3) is 0 Å². The summed E-state index contributed by atoms with van der Waals surface area (Å²) in [5.74, 6) is 2.05. The van der Waals surface area contributed by atoms with Crippen LogP contribution in [0.5, 0.6) is 0 Å². The molecule has 0 saturated carbocycles. The molecule has 1 aliphatic heterocycles. The van der Waals surface area contributed by atoms with Crippen LogP contribution in [0.2, 0.25) is 0 Å². The van der Waals surface area contributed by atoms with Gasteiger partial charge in [-0.15, -0.1) is 12.8 Å². The number of aromatic nitrogens is 4. The van der Waals surface area contributed by atoms with Crippen molar-refractivity contribution < 1.29 is 0 Å². The molecule has 0 fully saturated rings. The quantitative estimate of drug-likeness (QED) is 0.163. The van der Waals surface area contributed by atoms with Gasteiger partial charge < -0.3 is 9.47 Å². The van der Waals surface area contributed by atoms with E-state index < -0.39 is 0 Å². The zero-order valence-corrected chi connectivity index (χ0v) is 33.6. The number of terminal acetylenes is 1. The topological polar surface area (TPSA) is 46.8 Å². The first-order valence-corrected chi connectivity index (χ1v) is 20.2. The van der Waals surface area contributed by atoms with Crippen molar-refractivity contribution in [3.05, 3.63) is 217 Å². The third-order valence-corrected chi connectivity index (χ3v) is 10.6. The predicted molar refractivity (Wildman–Crippen MR) is 253 cm³/mol. The number of fused-ring (bicyclic) bond motifs is 5. The monoisotopic (exact) mass is 775 g/mol. The summed E-state index contributed by atoms with van der Waals surface area (Å²) in [4.78, 5) is 16.4. The second-order valence-electron chi connectivity index (χ2n) is 14.4. The number of rotatable bonds is 5. The molecule has 10 rings (SSSR count). The van der Waals surface area contributed by atoms with Crippen molar-refractivity contribution in [1.29, 1.82) is 0 Å². The lowest BCUT2D eigenvalue weighted by Crippen LogP contribution is -2.19. The number of anilines is 1. The van der Waals surface area contributed by atoms with Gasteiger partial charge in [-0.25, -0.2) is 15.0 Å². The average Bonchev–Trinajstić information content (AvgIpc) is 3.52. The van der Waals surface area contributed by atoms with E-state index in [0.717, 1.165) is 36.1 Å². The van der Waals surface area contributed by atoms with Gasteiger partial charge in [-0.3, -0.25) is 0 Å². The van der Waals surface area contributed by atoms with Crippen LogP contribution in [0.3, 0.4) is 0 Å². The number of allylic oxidation sites excluding steroid dienone is 9. The largest absolute Gasteiger partial charge is 0.369 e. The molecular formula is C55H45N5. The molecule has 0 atom stereocenters. The van der Waals surface area contributed by atoms with Crippen LogP contribution in [0.25, 0.3) is 67.2 Å². The zero-order valence-electron chi connectivity index (χ0n) is 33.6. The lowest BCUT2D eigenvalue weighted by Gasteiger charge is -2.23. The minimum Gasteiger partial charge on any atom is -0.369 e. The molecule has 0 saturated heterocycles. The van der Waals surface area contributed by atoms with Crippen molar-refractivity contribution >= 4 is 38.8 Å². The van der Waals surface area contributed by atoms with Crippen molar-refractivity contribution in [2.24, 2.45) is 0 Å². The van der Waals surface area contributed by atoms with E-state index in [2.05, 4.69) is 160 Å². The molecule has 8 aromatic rings. The third-order valence-electron chi connectivity index (χ3n) is 10.6. The first-order chi connectivity index (χ1) is 29.7. The van der Waals surface area contributed by atoms with Crippen molar-refractivity contribution in [3.63, 3.8) is 0 Å². The molecule has 2 aliphatic rings. The van der Waals surface area contributed by atoms with E-state index in [1.54, 1.807) is 0 Å². The van der Waals surface area contributed by atoms with Crippen LogP contribution in [0.15, 0.2) is 206 Å². The molecule has 6 aromatic carbocycles. The van der Waals surface area contributed by atoms with Crippen molar-refractivity contribution in [1.82, 2.24) is 19.5 Å². The second kappa shape index (κ2) is 18.6. The predicted octanol–water partition coefficient (Wildman–Crippen LogP) is 12.9. The fraction of sp³-hybridized carbons (Fsp3) is 0.0727. The van der Waals surface area contributed by atoms with E-state index in [4.69, 9.17) is 0 Å². The van der Waals surface area contributed by atoms with Gasteiger partial charge in [-0.1, -0.05) is 188 Å². The van der Waals surface area contributed by atoms with Gasteiger partial charge in [0, 0.05) is 46.8 Å². The maximum absolute atomic E-state index is 4.68. The Kier molecular flexibility index (Phi) is 12.1. The summed E-state index contributed by atoms with van der Waals surface area (Å²) >= 11 is 0. The van der Waals surface area contributed by atoms with Crippen LogP contribution < -0.4 is 4.90 Å². The number of para-hydroxylation sites is 1. The molecule has 5 heteroatoms. The molecule has 0 unspecified atom stereocenters. The highest BCUT2D eigenvalue weighted by molar-refractivity contribution is 6.15. The Morgan fingerprint density at radius 3 is 1.57 bits per heavy atom. The number of hydrogen-bond acceptors (Lipinski definition) is 4. The second-order valence-corrected chi connectivity index (χ2v) is 14.4. The standard InChI is InChI=1S/C32H28N2.C21H15N3.C2H2/c1-33-22-12-3-2-5-15-25-20-21-29-28-18-10-11-19-30(28)34(32(29)31(25)33)27-17-9-8-16-26(23-27)24-13-6-4-7-14-24;1-4-10-16(11-5-1)19-22-20(17-12-6-2-7-13-17)24-21(23-19)18-14-8-3-9-15-18;1-2/h2-14,17-21,23H,15-16,22H2,1H3;1-15H;1-2H/b5-2-,12-3-;;. The summed E-state index contributed by atoms with van der Waals surface area (Å²) in [7, 11) is 2.21. The molecule has 3 heterocycles. The molecule has 0 spiro atoms. The van der Waals surface area contributed by atoms with E-state index in [1.807, 2.05) is 91.0 Å². The minimum atomic E-state index is 0.684. The summed E-state index contributed by atoms with van der Waals surface area (Å²) in [6.45, 7) is 0.877. The van der Waals surface area contributed by atoms with Crippen LogP contribution in [0.4, 0.5) is 5.69 Å². The van der Waals surface area contributed by atoms with Crippen LogP contribution in [0.1, 0.15) is 17.5 Å². The molecule has 0 radical (unpaired) electrons. The maximum atomic E-state index is 4.68. The summed E-state index contributed by atoms with van der Waals surface area (Å²) in [5, 5.41) is 2.60. The molecular weight excluding hydrogens is 731 g/mol. The van der Waals surface area contributed by atoms with Crippen molar-refractivity contribution in [2.45, 2.75) is 12.8 Å². The summed E-state index contributed by atoms with van der Waals surface area (Å²) in [5.41, 5.74) is 12.0. The summed E-state index contributed by atoms with van der Waals surface area (Å²) in [6.07, 6.45) is 27.8. The van der Waals surface area contributed by atoms with Gasteiger partial charge >= 0.3 is 0 Å². The number of likely N-dealkylation sites (N-methyl/N-ethyl adjacent to an activating group) is 1. The van der Waals surface area contributed by atoms with Crippen molar-refractivity contribution in [3.8, 4) is 47.0 Å². The average molecular weight is 776 g/mol. The fourth-order valence-electron chi connectivity index (χ4n) is 7.77. The molecule has 5 nitrogen and oxygen atoms in total. The molecule has 2 aromatic heterocycles. The number of benzene rings is 6. The van der Waals surface area contributed by atoms with Crippen LogP contribution in [-0.2, 0) is 6.42 Å².